The van der Waals surface area contributed by atoms with Crippen LogP contribution in [0.25, 0.3) is 0 Å². The molecule has 3 heteroatoms. The van der Waals surface area contributed by atoms with Crippen LogP contribution in [0.15, 0.2) is 45.3 Å². The maximum atomic E-state index is 3.85. The smallest absolute Gasteiger partial charge is 0.0544 e. The zero-order valence-electron chi connectivity index (χ0n) is 19.2. The van der Waals surface area contributed by atoms with Crippen LogP contribution in [0.4, 0.5) is 17.1 Å². The zero-order valence-corrected chi connectivity index (χ0v) is 22.3. The molecule has 0 aromatic heterocycles. The van der Waals surface area contributed by atoms with Crippen LogP contribution in [0.1, 0.15) is 80.5 Å². The fourth-order valence-corrected chi connectivity index (χ4v) is 7.24. The molecule has 3 aromatic rings. The summed E-state index contributed by atoms with van der Waals surface area (Å²) < 4.78 is 2.32. The Balaban J connectivity index is 1.91. The van der Waals surface area contributed by atoms with E-state index in [0.717, 1.165) is 8.95 Å². The molecule has 3 aliphatic heterocycles. The summed E-state index contributed by atoms with van der Waals surface area (Å²) in [6.07, 6.45) is 0. The van der Waals surface area contributed by atoms with Crippen molar-refractivity contribution in [1.82, 2.24) is 0 Å². The summed E-state index contributed by atoms with van der Waals surface area (Å²) in [4.78, 5) is 2.61. The Morgan fingerprint density at radius 1 is 0.516 bits per heavy atom. The van der Waals surface area contributed by atoms with Crippen LogP contribution >= 0.6 is 31.9 Å². The van der Waals surface area contributed by atoms with Crippen molar-refractivity contribution in [3.05, 3.63) is 84.3 Å². The first kappa shape index (κ1) is 20.1. The molecular weight excluding hydrogens is 510 g/mol. The van der Waals surface area contributed by atoms with Gasteiger partial charge in [0.05, 0.1) is 17.1 Å². The molecule has 0 N–H and O–H groups in total. The third-order valence-corrected chi connectivity index (χ3v) is 9.03. The summed E-state index contributed by atoms with van der Waals surface area (Å²) in [6, 6.07) is 14.2. The third kappa shape index (κ3) is 2.23. The molecule has 0 spiro atoms. The predicted octanol–water partition coefficient (Wildman–Crippen LogP) is 8.91. The SMILES string of the molecule is Cc1cc2c3c(c1)C(C)(C)c1cc(Br)cc4c1N3c1c(cc(Br)cc1C4(C)C)C2(C)C. The second kappa shape index (κ2) is 5.66. The topological polar surface area (TPSA) is 3.24 Å². The van der Waals surface area contributed by atoms with Crippen LogP contribution in [0, 0.1) is 6.92 Å². The van der Waals surface area contributed by atoms with Crippen LogP contribution < -0.4 is 4.90 Å². The van der Waals surface area contributed by atoms with Gasteiger partial charge in [0.1, 0.15) is 0 Å². The Labute approximate surface area is 202 Å². The molecule has 0 saturated heterocycles. The minimum atomic E-state index is -0.0932. The van der Waals surface area contributed by atoms with Crippen molar-refractivity contribution in [2.24, 2.45) is 0 Å². The van der Waals surface area contributed by atoms with Crippen molar-refractivity contribution in [3.63, 3.8) is 0 Å². The van der Waals surface area contributed by atoms with E-state index in [1.807, 2.05) is 0 Å². The van der Waals surface area contributed by atoms with E-state index in [2.05, 4.69) is 122 Å². The number of anilines is 3. The van der Waals surface area contributed by atoms with E-state index in [9.17, 15) is 0 Å². The van der Waals surface area contributed by atoms with Gasteiger partial charge in [0.25, 0.3) is 0 Å². The molecule has 3 aliphatic rings. The molecule has 0 fully saturated rings. The van der Waals surface area contributed by atoms with Crippen LogP contribution in [0.2, 0.25) is 0 Å². The van der Waals surface area contributed by atoms with Crippen LogP contribution in [-0.2, 0) is 16.2 Å². The lowest BCUT2D eigenvalue weighted by Crippen LogP contribution is -2.43. The number of benzene rings is 3. The van der Waals surface area contributed by atoms with Crippen molar-refractivity contribution in [3.8, 4) is 0 Å². The molecule has 0 amide bonds. The van der Waals surface area contributed by atoms with Gasteiger partial charge in [-0.15, -0.1) is 0 Å². The van der Waals surface area contributed by atoms with Gasteiger partial charge >= 0.3 is 0 Å². The van der Waals surface area contributed by atoms with Gasteiger partial charge < -0.3 is 4.90 Å². The van der Waals surface area contributed by atoms with Crippen LogP contribution in [0.5, 0.6) is 0 Å². The van der Waals surface area contributed by atoms with E-state index >= 15 is 0 Å². The summed E-state index contributed by atoms with van der Waals surface area (Å²) in [5, 5.41) is 0. The molecular formula is C28H27Br2N. The average Bonchev–Trinajstić information content (AvgIpc) is 2.66. The standard InChI is InChI=1S/C28H27Br2N/c1-14-8-17-23-18(9-14)27(4,5)20-11-16(30)13-22-25(20)31(23)24-19(26(17,2)3)10-15(29)12-21(24)28(22,6)7/h8-13H,1-7H3. The monoisotopic (exact) mass is 535 g/mol. The first-order chi connectivity index (χ1) is 14.4. The Kier molecular flexibility index (Phi) is 3.66. The average molecular weight is 537 g/mol. The number of hydrogen-bond donors (Lipinski definition) is 0. The summed E-state index contributed by atoms with van der Waals surface area (Å²) in [5.74, 6) is 0. The summed E-state index contributed by atoms with van der Waals surface area (Å²) >= 11 is 7.71. The number of rotatable bonds is 0. The minimum Gasteiger partial charge on any atom is -0.309 e. The Bertz CT molecular complexity index is 1100. The van der Waals surface area contributed by atoms with Gasteiger partial charge in [-0.3, -0.25) is 0 Å². The molecule has 6 rings (SSSR count). The largest absolute Gasteiger partial charge is 0.309 e. The number of nitrogens with zero attached hydrogens (tertiary/aromatic N) is 1. The predicted molar refractivity (Wildman–Crippen MR) is 138 cm³/mol. The fourth-order valence-electron chi connectivity index (χ4n) is 6.33. The van der Waals surface area contributed by atoms with Gasteiger partial charge in [0, 0.05) is 25.2 Å². The molecule has 3 aromatic carbocycles. The summed E-state index contributed by atoms with van der Waals surface area (Å²) in [7, 11) is 0. The zero-order chi connectivity index (χ0) is 22.2. The lowest BCUT2D eigenvalue weighted by molar-refractivity contribution is 0.565. The maximum absolute atomic E-state index is 3.85. The minimum absolute atomic E-state index is 0.0724. The Morgan fingerprint density at radius 2 is 0.774 bits per heavy atom. The molecule has 0 radical (unpaired) electrons. The van der Waals surface area contributed by atoms with Crippen LogP contribution in [0.3, 0.4) is 0 Å². The van der Waals surface area contributed by atoms with Gasteiger partial charge in [-0.25, -0.2) is 0 Å². The molecule has 3 heterocycles. The normalized spacial score (nSPS) is 19.8. The van der Waals surface area contributed by atoms with Crippen LogP contribution in [-0.4, -0.2) is 0 Å². The highest BCUT2D eigenvalue weighted by Crippen LogP contribution is 2.66. The molecule has 158 valence electrons. The summed E-state index contributed by atoms with van der Waals surface area (Å²) in [5.41, 5.74) is 13.8. The maximum Gasteiger partial charge on any atom is 0.0544 e. The quantitative estimate of drug-likeness (QED) is 0.277. The highest BCUT2D eigenvalue weighted by Gasteiger charge is 2.51. The van der Waals surface area contributed by atoms with Gasteiger partial charge in [-0.1, -0.05) is 91.1 Å². The fraction of sp³-hybridized carbons (Fsp3) is 0.357. The van der Waals surface area contributed by atoms with Crippen molar-refractivity contribution < 1.29 is 0 Å². The molecule has 0 unspecified atom stereocenters. The molecule has 0 saturated carbocycles. The van der Waals surface area contributed by atoms with Gasteiger partial charge in [-0.2, -0.15) is 0 Å². The van der Waals surface area contributed by atoms with Crippen molar-refractivity contribution >= 4 is 48.9 Å². The summed E-state index contributed by atoms with van der Waals surface area (Å²) in [6.45, 7) is 16.6. The highest BCUT2D eigenvalue weighted by atomic mass is 79.9. The number of hydrogen-bond acceptors (Lipinski definition) is 1. The van der Waals surface area contributed by atoms with E-state index in [-0.39, 0.29) is 16.2 Å². The van der Waals surface area contributed by atoms with E-state index < -0.39 is 0 Å². The van der Waals surface area contributed by atoms with E-state index in [1.165, 1.54) is 56.0 Å². The molecule has 1 nitrogen and oxygen atoms in total. The van der Waals surface area contributed by atoms with Crippen molar-refractivity contribution in [1.29, 1.82) is 0 Å². The number of aryl methyl sites for hydroxylation is 1. The van der Waals surface area contributed by atoms with Gasteiger partial charge in [-0.05, 0) is 64.6 Å². The van der Waals surface area contributed by atoms with Crippen molar-refractivity contribution in [2.75, 3.05) is 4.90 Å². The second-order valence-corrected chi connectivity index (χ2v) is 12.9. The molecule has 0 atom stereocenters. The second-order valence-electron chi connectivity index (χ2n) is 11.1. The molecule has 0 aliphatic carbocycles. The van der Waals surface area contributed by atoms with Crippen molar-refractivity contribution in [2.45, 2.75) is 64.7 Å². The Hall–Kier alpha value is -1.58. The number of halogens is 2. The first-order valence-corrected chi connectivity index (χ1v) is 12.6. The van der Waals surface area contributed by atoms with Gasteiger partial charge in [0.2, 0.25) is 0 Å². The Morgan fingerprint density at radius 3 is 1.06 bits per heavy atom. The van der Waals surface area contributed by atoms with E-state index in [0.29, 0.717) is 0 Å². The first-order valence-electron chi connectivity index (χ1n) is 11.0. The lowest BCUT2D eigenvalue weighted by Gasteiger charge is -2.55. The van der Waals surface area contributed by atoms with E-state index in [4.69, 9.17) is 0 Å². The third-order valence-electron chi connectivity index (χ3n) is 8.11. The van der Waals surface area contributed by atoms with Gasteiger partial charge in [0.15, 0.2) is 0 Å². The molecule has 0 bridgehead atoms. The van der Waals surface area contributed by atoms with E-state index in [1.54, 1.807) is 0 Å². The highest BCUT2D eigenvalue weighted by molar-refractivity contribution is 9.10. The molecule has 31 heavy (non-hydrogen) atoms. The lowest BCUT2D eigenvalue weighted by atomic mass is 9.60.